The van der Waals surface area contributed by atoms with Gasteiger partial charge in [0.05, 0.1) is 0 Å². The van der Waals surface area contributed by atoms with Crippen molar-refractivity contribution in [2.45, 2.75) is 53.9 Å². The lowest BCUT2D eigenvalue weighted by Gasteiger charge is -2.45. The summed E-state index contributed by atoms with van der Waals surface area (Å²) >= 11 is 0. The normalized spacial score (nSPS) is 26.2. The maximum atomic E-state index is 3.54. The minimum atomic E-state index is 0.619. The first-order valence-electron chi connectivity index (χ1n) is 6.67. The van der Waals surface area contributed by atoms with Crippen LogP contribution in [-0.4, -0.2) is 13.1 Å². The van der Waals surface area contributed by atoms with Crippen LogP contribution in [0.5, 0.6) is 0 Å². The van der Waals surface area contributed by atoms with Crippen LogP contribution in [0.15, 0.2) is 0 Å². The molecule has 0 saturated carbocycles. The van der Waals surface area contributed by atoms with Crippen LogP contribution in [0.25, 0.3) is 0 Å². The Kier molecular flexibility index (Phi) is 4.64. The quantitative estimate of drug-likeness (QED) is 0.748. The molecule has 1 fully saturated rings. The zero-order valence-electron chi connectivity index (χ0n) is 11.3. The number of hydrogen-bond donors (Lipinski definition) is 1. The van der Waals surface area contributed by atoms with Gasteiger partial charge < -0.3 is 5.32 Å². The second-order valence-corrected chi connectivity index (χ2v) is 6.41. The van der Waals surface area contributed by atoms with Crippen molar-refractivity contribution in [3.8, 4) is 0 Å². The Balaban J connectivity index is 2.73. The zero-order valence-corrected chi connectivity index (χ0v) is 11.3. The summed E-state index contributed by atoms with van der Waals surface area (Å²) in [6, 6.07) is 0. The smallest absolute Gasteiger partial charge is 0.00178 e. The molecule has 0 aromatic carbocycles. The summed E-state index contributed by atoms with van der Waals surface area (Å²) < 4.78 is 0. The molecule has 1 aliphatic heterocycles. The van der Waals surface area contributed by atoms with Crippen molar-refractivity contribution in [2.24, 2.45) is 23.2 Å². The van der Waals surface area contributed by atoms with Crippen molar-refractivity contribution in [1.82, 2.24) is 5.32 Å². The second kappa shape index (κ2) is 5.34. The first-order valence-corrected chi connectivity index (χ1v) is 6.67. The third kappa shape index (κ3) is 3.48. The Bertz CT molecular complexity index is 174. The molecule has 0 aromatic rings. The highest BCUT2D eigenvalue weighted by molar-refractivity contribution is 4.90. The van der Waals surface area contributed by atoms with Crippen LogP contribution < -0.4 is 5.32 Å². The lowest BCUT2D eigenvalue weighted by Crippen LogP contribution is -2.45. The van der Waals surface area contributed by atoms with Gasteiger partial charge in [-0.15, -0.1) is 0 Å². The fourth-order valence-corrected chi connectivity index (χ4v) is 3.43. The molecule has 1 aliphatic rings. The standard InChI is InChI=1S/C14H29N/c1-11(2)8-14(9-12(3)4)6-7-15-10-13(14)5/h11-13,15H,6-10H2,1-5H3. The van der Waals surface area contributed by atoms with Crippen LogP contribution in [0.2, 0.25) is 0 Å². The van der Waals surface area contributed by atoms with E-state index in [4.69, 9.17) is 0 Å². The Morgan fingerprint density at radius 2 is 1.67 bits per heavy atom. The van der Waals surface area contributed by atoms with E-state index in [9.17, 15) is 0 Å². The number of nitrogens with one attached hydrogen (secondary N) is 1. The van der Waals surface area contributed by atoms with Gasteiger partial charge in [0.2, 0.25) is 0 Å². The third-order valence-electron chi connectivity index (χ3n) is 3.93. The average molecular weight is 211 g/mol. The van der Waals surface area contributed by atoms with Gasteiger partial charge >= 0.3 is 0 Å². The Morgan fingerprint density at radius 3 is 2.07 bits per heavy atom. The van der Waals surface area contributed by atoms with E-state index in [2.05, 4.69) is 39.9 Å². The maximum Gasteiger partial charge on any atom is -0.00178 e. The molecule has 0 amide bonds. The summed E-state index contributed by atoms with van der Waals surface area (Å²) in [5, 5.41) is 3.54. The van der Waals surface area contributed by atoms with E-state index in [1.165, 1.54) is 32.4 Å². The average Bonchev–Trinajstić information content (AvgIpc) is 2.08. The number of hydrogen-bond acceptors (Lipinski definition) is 1. The molecule has 1 N–H and O–H groups in total. The van der Waals surface area contributed by atoms with Gasteiger partial charge in [0, 0.05) is 0 Å². The molecule has 0 aromatic heterocycles. The highest BCUT2D eigenvalue weighted by Crippen LogP contribution is 2.44. The Hall–Kier alpha value is -0.0400. The Morgan fingerprint density at radius 1 is 1.13 bits per heavy atom. The van der Waals surface area contributed by atoms with Crippen LogP contribution in [0.3, 0.4) is 0 Å². The SMILES string of the molecule is CC(C)CC1(CC(C)C)CCNCC1C. The van der Waals surface area contributed by atoms with Crippen LogP contribution >= 0.6 is 0 Å². The highest BCUT2D eigenvalue weighted by Gasteiger charge is 2.38. The van der Waals surface area contributed by atoms with Gasteiger partial charge in [-0.1, -0.05) is 34.6 Å². The molecule has 15 heavy (non-hydrogen) atoms. The van der Waals surface area contributed by atoms with Crippen molar-refractivity contribution in [3.05, 3.63) is 0 Å². The van der Waals surface area contributed by atoms with Gasteiger partial charge in [-0.2, -0.15) is 0 Å². The summed E-state index contributed by atoms with van der Waals surface area (Å²) in [6.45, 7) is 14.4. The van der Waals surface area contributed by atoms with Crippen molar-refractivity contribution in [3.63, 3.8) is 0 Å². The predicted molar refractivity (Wildman–Crippen MR) is 68.0 cm³/mol. The fraction of sp³-hybridized carbons (Fsp3) is 1.00. The summed E-state index contributed by atoms with van der Waals surface area (Å²) in [7, 11) is 0. The van der Waals surface area contributed by atoms with Gasteiger partial charge in [0.25, 0.3) is 0 Å². The molecule has 1 heterocycles. The minimum Gasteiger partial charge on any atom is -0.316 e. The summed E-state index contributed by atoms with van der Waals surface area (Å²) in [6.07, 6.45) is 4.20. The summed E-state index contributed by atoms with van der Waals surface area (Å²) in [5.74, 6) is 2.52. The van der Waals surface area contributed by atoms with Crippen LogP contribution in [0.1, 0.15) is 53.9 Å². The molecule has 1 heteroatoms. The van der Waals surface area contributed by atoms with Crippen molar-refractivity contribution >= 4 is 0 Å². The zero-order chi connectivity index (χ0) is 11.5. The van der Waals surface area contributed by atoms with Crippen molar-refractivity contribution in [2.75, 3.05) is 13.1 Å². The molecule has 1 nitrogen and oxygen atoms in total. The lowest BCUT2D eigenvalue weighted by molar-refractivity contribution is 0.0650. The molecule has 0 radical (unpaired) electrons. The van der Waals surface area contributed by atoms with E-state index in [0.29, 0.717) is 5.41 Å². The molecule has 90 valence electrons. The van der Waals surface area contributed by atoms with E-state index in [-0.39, 0.29) is 0 Å². The third-order valence-corrected chi connectivity index (χ3v) is 3.93. The van der Waals surface area contributed by atoms with Crippen molar-refractivity contribution < 1.29 is 0 Å². The second-order valence-electron chi connectivity index (χ2n) is 6.41. The van der Waals surface area contributed by atoms with E-state index < -0.39 is 0 Å². The molecular formula is C14H29N. The molecule has 0 aliphatic carbocycles. The molecule has 1 rings (SSSR count). The highest BCUT2D eigenvalue weighted by atomic mass is 14.9. The van der Waals surface area contributed by atoms with E-state index >= 15 is 0 Å². The maximum absolute atomic E-state index is 3.54. The van der Waals surface area contributed by atoms with E-state index in [1.54, 1.807) is 0 Å². The van der Waals surface area contributed by atoms with E-state index in [0.717, 1.165) is 17.8 Å². The van der Waals surface area contributed by atoms with E-state index in [1.807, 2.05) is 0 Å². The lowest BCUT2D eigenvalue weighted by atomic mass is 9.63. The van der Waals surface area contributed by atoms with Gasteiger partial charge in [0.1, 0.15) is 0 Å². The number of piperidine rings is 1. The van der Waals surface area contributed by atoms with Gasteiger partial charge in [-0.25, -0.2) is 0 Å². The topological polar surface area (TPSA) is 12.0 Å². The first kappa shape index (κ1) is 13.0. The minimum absolute atomic E-state index is 0.619. The van der Waals surface area contributed by atoms with Crippen LogP contribution in [0, 0.1) is 23.2 Å². The fourth-order valence-electron chi connectivity index (χ4n) is 3.43. The first-order chi connectivity index (χ1) is 6.96. The molecule has 1 unspecified atom stereocenters. The Labute approximate surface area is 96.0 Å². The van der Waals surface area contributed by atoms with Gasteiger partial charge in [-0.05, 0) is 55.5 Å². The van der Waals surface area contributed by atoms with Crippen molar-refractivity contribution in [1.29, 1.82) is 0 Å². The van der Waals surface area contributed by atoms with Crippen LogP contribution in [0.4, 0.5) is 0 Å². The molecule has 1 atom stereocenters. The predicted octanol–water partition coefficient (Wildman–Crippen LogP) is 3.69. The molecule has 0 spiro atoms. The van der Waals surface area contributed by atoms with Crippen LogP contribution in [-0.2, 0) is 0 Å². The monoisotopic (exact) mass is 211 g/mol. The number of rotatable bonds is 4. The molecule has 1 saturated heterocycles. The summed E-state index contributed by atoms with van der Waals surface area (Å²) in [4.78, 5) is 0. The molecular weight excluding hydrogens is 182 g/mol. The largest absolute Gasteiger partial charge is 0.316 e. The van der Waals surface area contributed by atoms with Gasteiger partial charge in [0.15, 0.2) is 0 Å². The summed E-state index contributed by atoms with van der Waals surface area (Å²) in [5.41, 5.74) is 0.619. The molecule has 0 bridgehead atoms. The van der Waals surface area contributed by atoms with Gasteiger partial charge in [-0.3, -0.25) is 0 Å².